The fraction of sp³-hybridized carbons (Fsp3) is 0.161. The number of hydrogen-bond acceptors (Lipinski definition) is 4. The molecule has 0 N–H and O–H groups in total. The van der Waals surface area contributed by atoms with E-state index in [0.29, 0.717) is 39.9 Å². The summed E-state index contributed by atoms with van der Waals surface area (Å²) in [5, 5.41) is 1.78. The summed E-state index contributed by atoms with van der Waals surface area (Å²) >= 11 is 0. The molecule has 0 bridgehead atoms. The molecular formula is C31H24N2O4. The van der Waals surface area contributed by atoms with Crippen LogP contribution in [0.15, 0.2) is 60.7 Å². The van der Waals surface area contributed by atoms with E-state index in [1.807, 2.05) is 74.5 Å². The van der Waals surface area contributed by atoms with Gasteiger partial charge in [-0.25, -0.2) is 0 Å². The minimum atomic E-state index is -0.313. The number of amides is 4. The third-order valence-corrected chi connectivity index (χ3v) is 7.60. The van der Waals surface area contributed by atoms with Crippen molar-refractivity contribution in [3.05, 3.63) is 94.0 Å². The average molecular weight is 489 g/mol. The Morgan fingerprint density at radius 2 is 0.946 bits per heavy atom. The summed E-state index contributed by atoms with van der Waals surface area (Å²) in [7, 11) is 1.50. The molecule has 0 saturated carbocycles. The molecule has 4 amide bonds. The Labute approximate surface area is 214 Å². The third kappa shape index (κ3) is 2.99. The second-order valence-electron chi connectivity index (χ2n) is 9.59. The first kappa shape index (κ1) is 22.9. The third-order valence-electron chi connectivity index (χ3n) is 7.60. The lowest BCUT2D eigenvalue weighted by atomic mass is 9.86. The van der Waals surface area contributed by atoms with Gasteiger partial charge in [-0.15, -0.1) is 0 Å². The lowest BCUT2D eigenvalue weighted by Crippen LogP contribution is -2.29. The van der Waals surface area contributed by atoms with Crippen LogP contribution >= 0.6 is 0 Å². The smallest absolute Gasteiger partial charge is 0.262 e. The van der Waals surface area contributed by atoms with Gasteiger partial charge >= 0.3 is 0 Å². The van der Waals surface area contributed by atoms with Gasteiger partial charge in [0.15, 0.2) is 0 Å². The molecule has 6 nitrogen and oxygen atoms in total. The lowest BCUT2D eigenvalue weighted by Gasteiger charge is -2.16. The molecule has 0 aromatic heterocycles. The van der Waals surface area contributed by atoms with Crippen molar-refractivity contribution in [2.75, 3.05) is 13.6 Å². The van der Waals surface area contributed by atoms with E-state index in [0.717, 1.165) is 37.9 Å². The van der Waals surface area contributed by atoms with Gasteiger partial charge in [-0.2, -0.15) is 0 Å². The molecule has 0 saturated heterocycles. The lowest BCUT2D eigenvalue weighted by molar-refractivity contribution is 0.0656. The largest absolute Gasteiger partial charge is 0.277 e. The van der Waals surface area contributed by atoms with E-state index in [4.69, 9.17) is 0 Å². The predicted octanol–water partition coefficient (Wildman–Crippen LogP) is 5.63. The average Bonchev–Trinajstić information content (AvgIpc) is 3.29. The Balaban J connectivity index is 1.63. The maximum absolute atomic E-state index is 13.3. The molecule has 4 aromatic carbocycles. The number of fused-ring (bicyclic) bond motifs is 3. The summed E-state index contributed by atoms with van der Waals surface area (Å²) in [5.74, 6) is -1.14. The van der Waals surface area contributed by atoms with Gasteiger partial charge < -0.3 is 0 Å². The zero-order valence-electron chi connectivity index (χ0n) is 21.0. The molecule has 0 unspecified atom stereocenters. The maximum Gasteiger partial charge on any atom is 0.262 e. The Kier molecular flexibility index (Phi) is 4.92. The monoisotopic (exact) mass is 488 g/mol. The Hall–Kier alpha value is -4.58. The quantitative estimate of drug-likeness (QED) is 0.350. The molecule has 37 heavy (non-hydrogen) atoms. The molecule has 2 heterocycles. The summed E-state index contributed by atoms with van der Waals surface area (Å²) in [4.78, 5) is 54.6. The Morgan fingerprint density at radius 1 is 0.541 bits per heavy atom. The molecule has 0 atom stereocenters. The molecule has 0 aliphatic carbocycles. The summed E-state index contributed by atoms with van der Waals surface area (Å²) in [6.45, 7) is 5.79. The summed E-state index contributed by atoms with van der Waals surface area (Å²) < 4.78 is 0. The highest BCUT2D eigenvalue weighted by atomic mass is 16.2. The minimum absolute atomic E-state index is 0.259. The van der Waals surface area contributed by atoms with Crippen molar-refractivity contribution in [2.45, 2.75) is 20.8 Å². The fourth-order valence-electron chi connectivity index (χ4n) is 5.70. The highest BCUT2D eigenvalue weighted by Crippen LogP contribution is 2.42. The van der Waals surface area contributed by atoms with Crippen LogP contribution in [0.2, 0.25) is 0 Å². The molecular weight excluding hydrogens is 464 g/mol. The minimum Gasteiger partial charge on any atom is -0.277 e. The van der Waals surface area contributed by atoms with E-state index < -0.39 is 0 Å². The number of imide groups is 2. The molecule has 6 heteroatoms. The van der Waals surface area contributed by atoms with Crippen molar-refractivity contribution in [3.63, 3.8) is 0 Å². The van der Waals surface area contributed by atoms with Gasteiger partial charge in [0.2, 0.25) is 0 Å². The Morgan fingerprint density at radius 3 is 1.46 bits per heavy atom. The van der Waals surface area contributed by atoms with Crippen LogP contribution in [0, 0.1) is 13.8 Å². The number of hydrogen-bond donors (Lipinski definition) is 0. The van der Waals surface area contributed by atoms with Crippen LogP contribution in [0.1, 0.15) is 59.5 Å². The van der Waals surface area contributed by atoms with E-state index in [-0.39, 0.29) is 23.6 Å². The second kappa shape index (κ2) is 7.96. The number of benzene rings is 4. The van der Waals surface area contributed by atoms with E-state index in [1.54, 1.807) is 6.92 Å². The zero-order chi connectivity index (χ0) is 26.2. The van der Waals surface area contributed by atoms with Crippen molar-refractivity contribution >= 4 is 34.4 Å². The van der Waals surface area contributed by atoms with Gasteiger partial charge in [-0.05, 0) is 64.9 Å². The zero-order valence-corrected chi connectivity index (χ0v) is 21.0. The molecule has 0 radical (unpaired) electrons. The highest BCUT2D eigenvalue weighted by molar-refractivity contribution is 6.27. The van der Waals surface area contributed by atoms with Crippen LogP contribution in [0.3, 0.4) is 0 Å². The van der Waals surface area contributed by atoms with Crippen LogP contribution in [-0.4, -0.2) is 47.0 Å². The predicted molar refractivity (Wildman–Crippen MR) is 142 cm³/mol. The van der Waals surface area contributed by atoms with Crippen molar-refractivity contribution in [3.8, 4) is 22.3 Å². The number of carbonyl (C=O) groups excluding carboxylic acids is 4. The second-order valence-corrected chi connectivity index (χ2v) is 9.59. The van der Waals surface area contributed by atoms with Gasteiger partial charge in [0, 0.05) is 13.6 Å². The maximum atomic E-state index is 13.3. The van der Waals surface area contributed by atoms with Crippen molar-refractivity contribution in [1.29, 1.82) is 0 Å². The highest BCUT2D eigenvalue weighted by Gasteiger charge is 2.39. The molecule has 2 aliphatic heterocycles. The normalized spacial score (nSPS) is 14.7. The SMILES string of the molecule is CCN1C(=O)c2c(C)ccc(-c3ccc(-c4ccc(C)c5c4C(=O)N(C)C5=O)c4ccccc34)c2C1=O. The molecule has 0 fully saturated rings. The first-order valence-corrected chi connectivity index (χ1v) is 12.2. The van der Waals surface area contributed by atoms with Gasteiger partial charge in [-0.1, -0.05) is 60.7 Å². The van der Waals surface area contributed by atoms with E-state index in [2.05, 4.69) is 0 Å². The van der Waals surface area contributed by atoms with Gasteiger partial charge in [0.05, 0.1) is 22.3 Å². The van der Waals surface area contributed by atoms with Gasteiger partial charge in [0.1, 0.15) is 0 Å². The topological polar surface area (TPSA) is 74.8 Å². The summed E-state index contributed by atoms with van der Waals surface area (Å²) in [5.41, 5.74) is 6.36. The number of rotatable bonds is 3. The molecule has 6 rings (SSSR count). The van der Waals surface area contributed by atoms with Gasteiger partial charge in [-0.3, -0.25) is 29.0 Å². The number of carbonyl (C=O) groups is 4. The van der Waals surface area contributed by atoms with Crippen molar-refractivity contribution in [1.82, 2.24) is 9.80 Å². The number of aryl methyl sites for hydroxylation is 2. The van der Waals surface area contributed by atoms with Crippen molar-refractivity contribution < 1.29 is 19.2 Å². The molecule has 2 aliphatic rings. The summed E-state index contributed by atoms with van der Waals surface area (Å²) in [6.07, 6.45) is 0. The van der Waals surface area contributed by atoms with Crippen LogP contribution in [-0.2, 0) is 0 Å². The molecule has 182 valence electrons. The standard InChI is InChI=1S/C31H24N2O4/c1-5-33-30(36)25-17(3)11-13-23(27(25)31(33)37)21-15-14-20(18-8-6-7-9-19(18)21)22-12-10-16(2)24-26(22)29(35)32(4)28(24)34/h6-15H,5H2,1-4H3. The van der Waals surface area contributed by atoms with Crippen LogP contribution < -0.4 is 0 Å². The van der Waals surface area contributed by atoms with Crippen LogP contribution in [0.25, 0.3) is 33.0 Å². The van der Waals surface area contributed by atoms with Gasteiger partial charge in [0.25, 0.3) is 23.6 Å². The first-order valence-electron chi connectivity index (χ1n) is 12.2. The van der Waals surface area contributed by atoms with Crippen molar-refractivity contribution in [2.24, 2.45) is 0 Å². The molecule has 4 aromatic rings. The Bertz CT molecular complexity index is 1730. The van der Waals surface area contributed by atoms with Crippen LogP contribution in [0.4, 0.5) is 0 Å². The number of nitrogens with zero attached hydrogens (tertiary/aromatic N) is 2. The first-order chi connectivity index (χ1) is 17.8. The van der Waals surface area contributed by atoms with E-state index >= 15 is 0 Å². The fourth-order valence-corrected chi connectivity index (χ4v) is 5.70. The van der Waals surface area contributed by atoms with E-state index in [1.165, 1.54) is 11.9 Å². The summed E-state index contributed by atoms with van der Waals surface area (Å²) in [6, 6.07) is 19.2. The molecule has 0 spiro atoms. The van der Waals surface area contributed by atoms with E-state index in [9.17, 15) is 19.2 Å². The van der Waals surface area contributed by atoms with Crippen LogP contribution in [0.5, 0.6) is 0 Å².